The molecular weight excluding hydrogens is 411 g/mol. The second-order valence-electron chi connectivity index (χ2n) is 6.40. The van der Waals surface area contributed by atoms with Gasteiger partial charge in [0.25, 0.3) is 0 Å². The number of fused-ring (bicyclic) bond motifs is 1. The maximum absolute atomic E-state index is 11.6. The molecule has 4 aromatic rings. The quantitative estimate of drug-likeness (QED) is 0.472. The molecule has 0 saturated heterocycles. The first kappa shape index (κ1) is 19.2. The highest BCUT2D eigenvalue weighted by molar-refractivity contribution is 6.36. The Morgan fingerprint density at radius 3 is 2.45 bits per heavy atom. The lowest BCUT2D eigenvalue weighted by Gasteiger charge is -2.09. The zero-order valence-electron chi connectivity index (χ0n) is 15.4. The van der Waals surface area contributed by atoms with Crippen LogP contribution in [0.15, 0.2) is 54.7 Å². The first-order valence-corrected chi connectivity index (χ1v) is 9.47. The van der Waals surface area contributed by atoms with Gasteiger partial charge < -0.3 is 10.5 Å². The zero-order chi connectivity index (χ0) is 20.5. The Morgan fingerprint density at radius 1 is 1.10 bits per heavy atom. The molecule has 146 valence electrons. The third-order valence-electron chi connectivity index (χ3n) is 4.63. The summed E-state index contributed by atoms with van der Waals surface area (Å²) in [4.78, 5) is 16.1. The molecule has 6 nitrogen and oxygen atoms in total. The molecule has 0 amide bonds. The SMILES string of the molecule is COC(=O)c1ccc(-c2cnc3c(N)nn(Cc4c(Cl)cccc4Cl)c3c2)cc1. The molecule has 0 spiro atoms. The predicted molar refractivity (Wildman–Crippen MR) is 114 cm³/mol. The molecule has 29 heavy (non-hydrogen) atoms. The fraction of sp³-hybridized carbons (Fsp3) is 0.0952. The molecule has 0 aliphatic heterocycles. The minimum absolute atomic E-state index is 0.329. The lowest BCUT2D eigenvalue weighted by Crippen LogP contribution is -2.03. The van der Waals surface area contributed by atoms with Crippen molar-refractivity contribution < 1.29 is 9.53 Å². The lowest BCUT2D eigenvalue weighted by molar-refractivity contribution is 0.0601. The summed E-state index contributed by atoms with van der Waals surface area (Å²) < 4.78 is 6.47. The zero-order valence-corrected chi connectivity index (χ0v) is 16.9. The van der Waals surface area contributed by atoms with E-state index in [4.69, 9.17) is 33.7 Å². The van der Waals surface area contributed by atoms with Crippen molar-refractivity contribution in [1.29, 1.82) is 0 Å². The highest BCUT2D eigenvalue weighted by Gasteiger charge is 2.14. The van der Waals surface area contributed by atoms with Gasteiger partial charge in [-0.25, -0.2) is 4.79 Å². The average Bonchev–Trinajstić information content (AvgIpc) is 3.05. The van der Waals surface area contributed by atoms with Gasteiger partial charge in [-0.15, -0.1) is 0 Å². The van der Waals surface area contributed by atoms with E-state index in [0.717, 1.165) is 22.2 Å². The summed E-state index contributed by atoms with van der Waals surface area (Å²) in [6.07, 6.45) is 1.72. The summed E-state index contributed by atoms with van der Waals surface area (Å²) >= 11 is 12.6. The molecule has 2 N–H and O–H groups in total. The number of nitrogen functional groups attached to an aromatic ring is 1. The largest absolute Gasteiger partial charge is 0.465 e. The molecule has 0 unspecified atom stereocenters. The van der Waals surface area contributed by atoms with E-state index in [0.29, 0.717) is 33.5 Å². The number of nitrogens with two attached hydrogens (primary N) is 1. The predicted octanol–water partition coefficient (Wildman–Crippen LogP) is 4.82. The Morgan fingerprint density at radius 2 is 1.79 bits per heavy atom. The van der Waals surface area contributed by atoms with Crippen molar-refractivity contribution in [2.24, 2.45) is 0 Å². The summed E-state index contributed by atoms with van der Waals surface area (Å²) in [7, 11) is 1.35. The van der Waals surface area contributed by atoms with E-state index < -0.39 is 0 Å². The van der Waals surface area contributed by atoms with Gasteiger partial charge in [0.05, 0.1) is 24.7 Å². The van der Waals surface area contributed by atoms with E-state index >= 15 is 0 Å². The van der Waals surface area contributed by atoms with Crippen molar-refractivity contribution >= 4 is 46.0 Å². The fourth-order valence-electron chi connectivity index (χ4n) is 3.11. The van der Waals surface area contributed by atoms with Gasteiger partial charge in [0, 0.05) is 27.4 Å². The summed E-state index contributed by atoms with van der Waals surface area (Å²) in [6.45, 7) is 0.360. The van der Waals surface area contributed by atoms with Crippen molar-refractivity contribution in [3.8, 4) is 11.1 Å². The monoisotopic (exact) mass is 426 g/mol. The molecule has 4 rings (SSSR count). The van der Waals surface area contributed by atoms with Gasteiger partial charge in [-0.05, 0) is 35.9 Å². The van der Waals surface area contributed by atoms with Crippen LogP contribution >= 0.6 is 23.2 Å². The van der Waals surface area contributed by atoms with Crippen molar-refractivity contribution in [3.05, 3.63) is 75.9 Å². The third-order valence-corrected chi connectivity index (χ3v) is 5.33. The molecule has 2 heterocycles. The van der Waals surface area contributed by atoms with Crippen molar-refractivity contribution in [2.45, 2.75) is 6.54 Å². The first-order valence-electron chi connectivity index (χ1n) is 8.71. The number of anilines is 1. The molecule has 0 fully saturated rings. The number of hydrogen-bond donors (Lipinski definition) is 1. The topological polar surface area (TPSA) is 83.0 Å². The number of methoxy groups -OCH3 is 1. The second-order valence-corrected chi connectivity index (χ2v) is 7.22. The number of pyridine rings is 1. The van der Waals surface area contributed by atoms with Crippen molar-refractivity contribution in [3.63, 3.8) is 0 Å². The van der Waals surface area contributed by atoms with Crippen LogP contribution in [0.5, 0.6) is 0 Å². The number of rotatable bonds is 4. The van der Waals surface area contributed by atoms with Crippen molar-refractivity contribution in [2.75, 3.05) is 12.8 Å². The van der Waals surface area contributed by atoms with Crippen LogP contribution in [-0.4, -0.2) is 27.8 Å². The van der Waals surface area contributed by atoms with Crippen LogP contribution in [0.1, 0.15) is 15.9 Å². The highest BCUT2D eigenvalue weighted by Crippen LogP contribution is 2.29. The second kappa shape index (κ2) is 7.73. The first-order chi connectivity index (χ1) is 14.0. The Bertz CT molecular complexity index is 1200. The molecule has 2 aromatic carbocycles. The van der Waals surface area contributed by atoms with Crippen molar-refractivity contribution in [1.82, 2.24) is 14.8 Å². The number of hydrogen-bond acceptors (Lipinski definition) is 5. The van der Waals surface area contributed by atoms with Crippen LogP contribution in [0.25, 0.3) is 22.2 Å². The van der Waals surface area contributed by atoms with Crippen LogP contribution in [0.3, 0.4) is 0 Å². The number of aromatic nitrogens is 3. The van der Waals surface area contributed by atoms with Crippen LogP contribution in [0.2, 0.25) is 10.0 Å². The molecule has 2 aromatic heterocycles. The highest BCUT2D eigenvalue weighted by atomic mass is 35.5. The maximum Gasteiger partial charge on any atom is 0.337 e. The van der Waals surface area contributed by atoms with E-state index in [1.807, 2.05) is 18.2 Å². The lowest BCUT2D eigenvalue weighted by atomic mass is 10.1. The standard InChI is InChI=1S/C21H16Cl2N4O2/c1-29-21(28)13-7-5-12(6-8-13)14-9-18-19(25-10-14)20(24)26-27(18)11-15-16(22)3-2-4-17(15)23/h2-10H,11H2,1H3,(H2,24,26). The number of benzene rings is 2. The Balaban J connectivity index is 1.76. The van der Waals surface area contributed by atoms with E-state index in [2.05, 4.69) is 10.1 Å². The number of nitrogens with zero attached hydrogens (tertiary/aromatic N) is 3. The molecule has 8 heteroatoms. The normalized spacial score (nSPS) is 11.0. The Hall–Kier alpha value is -3.09. The minimum atomic E-state index is -0.382. The smallest absolute Gasteiger partial charge is 0.337 e. The third kappa shape index (κ3) is 3.64. The van der Waals surface area contributed by atoms with Gasteiger partial charge in [0.15, 0.2) is 5.82 Å². The molecule has 0 atom stereocenters. The maximum atomic E-state index is 11.6. The summed E-state index contributed by atoms with van der Waals surface area (Å²) in [5.41, 5.74) is 10.4. The molecule has 0 bridgehead atoms. The van der Waals surface area contributed by atoms with Crippen LogP contribution in [-0.2, 0) is 11.3 Å². The molecule has 0 aliphatic carbocycles. The van der Waals surface area contributed by atoms with Gasteiger partial charge in [-0.2, -0.15) is 5.10 Å². The van der Waals surface area contributed by atoms with Gasteiger partial charge >= 0.3 is 5.97 Å². The van der Waals surface area contributed by atoms with E-state index in [1.165, 1.54) is 7.11 Å². The van der Waals surface area contributed by atoms with Gasteiger partial charge in [0.1, 0.15) is 5.52 Å². The van der Waals surface area contributed by atoms with Crippen LogP contribution in [0.4, 0.5) is 5.82 Å². The number of esters is 1. The Labute approximate surface area is 176 Å². The van der Waals surface area contributed by atoms with Crippen LogP contribution < -0.4 is 5.73 Å². The molecular formula is C21H16Cl2N4O2. The molecule has 0 aliphatic rings. The van der Waals surface area contributed by atoms with E-state index in [9.17, 15) is 4.79 Å². The fourth-order valence-corrected chi connectivity index (χ4v) is 3.62. The van der Waals surface area contributed by atoms with Crippen LogP contribution in [0, 0.1) is 0 Å². The van der Waals surface area contributed by atoms with Gasteiger partial charge in [-0.1, -0.05) is 41.4 Å². The van der Waals surface area contributed by atoms with Gasteiger partial charge in [0.2, 0.25) is 0 Å². The average molecular weight is 427 g/mol. The summed E-state index contributed by atoms with van der Waals surface area (Å²) in [5, 5.41) is 5.52. The number of carbonyl (C=O) groups is 1. The summed E-state index contributed by atoms with van der Waals surface area (Å²) in [5.74, 6) is -0.0524. The van der Waals surface area contributed by atoms with Gasteiger partial charge in [-0.3, -0.25) is 9.67 Å². The molecule has 0 saturated carbocycles. The number of carbonyl (C=O) groups excluding carboxylic acids is 1. The number of ether oxygens (including phenoxy) is 1. The Kier molecular flexibility index (Phi) is 5.13. The summed E-state index contributed by atoms with van der Waals surface area (Å²) in [6, 6.07) is 14.4. The van der Waals surface area contributed by atoms with E-state index in [1.54, 1.807) is 41.2 Å². The minimum Gasteiger partial charge on any atom is -0.465 e. The number of halogens is 2. The van der Waals surface area contributed by atoms with E-state index in [-0.39, 0.29) is 5.97 Å². The molecule has 0 radical (unpaired) electrons.